The third kappa shape index (κ3) is 37.9. The van der Waals surface area contributed by atoms with Gasteiger partial charge in [0.05, 0.1) is 18.8 Å². The fourth-order valence-corrected chi connectivity index (χ4v) is 6.66. The van der Waals surface area contributed by atoms with Crippen molar-refractivity contribution in [2.24, 2.45) is 0 Å². The molecule has 0 spiro atoms. The van der Waals surface area contributed by atoms with Crippen LogP contribution in [0.25, 0.3) is 0 Å². The van der Waals surface area contributed by atoms with Crippen molar-refractivity contribution < 1.29 is 15.0 Å². The Bertz CT molecular complexity index is 760. The zero-order valence-electron chi connectivity index (χ0n) is 33.7. The Morgan fingerprint density at radius 2 is 0.780 bits per heavy atom. The van der Waals surface area contributed by atoms with E-state index in [0.717, 1.165) is 32.1 Å². The van der Waals surface area contributed by atoms with Gasteiger partial charge in [-0.15, -0.1) is 0 Å². The molecule has 0 saturated carbocycles. The number of hydrogen-bond donors (Lipinski definition) is 3. The van der Waals surface area contributed by atoms with Gasteiger partial charge in [0.1, 0.15) is 0 Å². The quantitative estimate of drug-likeness (QED) is 0.0440. The van der Waals surface area contributed by atoms with Crippen LogP contribution in [-0.4, -0.2) is 34.9 Å². The van der Waals surface area contributed by atoms with Crippen molar-refractivity contribution in [2.75, 3.05) is 6.61 Å². The molecule has 294 valence electrons. The Morgan fingerprint density at radius 3 is 1.16 bits per heavy atom. The maximum Gasteiger partial charge on any atom is 0.220 e. The first kappa shape index (κ1) is 48.6. The average Bonchev–Trinajstić information content (AvgIpc) is 3.12. The van der Waals surface area contributed by atoms with Crippen LogP contribution in [0.3, 0.4) is 0 Å². The van der Waals surface area contributed by atoms with Crippen molar-refractivity contribution in [3.05, 3.63) is 36.5 Å². The molecule has 0 fully saturated rings. The molecule has 0 heterocycles. The molecule has 50 heavy (non-hydrogen) atoms. The highest BCUT2D eigenvalue weighted by Crippen LogP contribution is 2.14. The van der Waals surface area contributed by atoms with Crippen LogP contribution >= 0.6 is 0 Å². The summed E-state index contributed by atoms with van der Waals surface area (Å²) in [6.07, 6.45) is 55.4. The summed E-state index contributed by atoms with van der Waals surface area (Å²) in [6.45, 7) is 4.30. The molecule has 0 aliphatic heterocycles. The number of carbonyl (C=O) groups excluding carboxylic acids is 1. The largest absolute Gasteiger partial charge is 0.394 e. The van der Waals surface area contributed by atoms with Crippen molar-refractivity contribution >= 4 is 5.91 Å². The van der Waals surface area contributed by atoms with Crippen LogP contribution in [0.4, 0.5) is 0 Å². The molecular weight excluding hydrogens is 615 g/mol. The number of allylic oxidation sites excluding steroid dienone is 5. The lowest BCUT2D eigenvalue weighted by atomic mass is 10.0. The summed E-state index contributed by atoms with van der Waals surface area (Å²) in [6, 6.07) is -0.639. The summed E-state index contributed by atoms with van der Waals surface area (Å²) in [7, 11) is 0. The van der Waals surface area contributed by atoms with Crippen LogP contribution < -0.4 is 5.32 Å². The summed E-state index contributed by atoms with van der Waals surface area (Å²) < 4.78 is 0. The van der Waals surface area contributed by atoms with Crippen LogP contribution in [0.1, 0.15) is 232 Å². The van der Waals surface area contributed by atoms with E-state index in [1.807, 2.05) is 6.08 Å². The number of unbranched alkanes of at least 4 members (excludes halogenated alkanes) is 29. The minimum absolute atomic E-state index is 0.0774. The van der Waals surface area contributed by atoms with E-state index in [-0.39, 0.29) is 12.5 Å². The van der Waals surface area contributed by atoms with Crippen LogP contribution in [0.5, 0.6) is 0 Å². The summed E-state index contributed by atoms with van der Waals surface area (Å²) >= 11 is 0. The first-order valence-corrected chi connectivity index (χ1v) is 22.2. The Labute approximate surface area is 312 Å². The summed E-state index contributed by atoms with van der Waals surface area (Å²) in [5.41, 5.74) is 0. The number of aliphatic hydroxyl groups is 2. The lowest BCUT2D eigenvalue weighted by Gasteiger charge is -2.19. The lowest BCUT2D eigenvalue weighted by molar-refractivity contribution is -0.123. The van der Waals surface area contributed by atoms with Gasteiger partial charge in [0, 0.05) is 6.42 Å². The number of aliphatic hydroxyl groups excluding tert-OH is 2. The number of hydrogen-bond acceptors (Lipinski definition) is 3. The van der Waals surface area contributed by atoms with Gasteiger partial charge in [-0.05, 0) is 57.8 Å². The van der Waals surface area contributed by atoms with Gasteiger partial charge in [0.25, 0.3) is 0 Å². The molecule has 0 rings (SSSR count). The molecule has 0 aromatic carbocycles. The molecule has 0 bridgehead atoms. The van der Waals surface area contributed by atoms with Crippen molar-refractivity contribution in [3.8, 4) is 0 Å². The first-order chi connectivity index (χ1) is 24.7. The Balaban J connectivity index is 3.59. The maximum absolute atomic E-state index is 12.4. The van der Waals surface area contributed by atoms with Gasteiger partial charge in [-0.3, -0.25) is 4.79 Å². The van der Waals surface area contributed by atoms with E-state index in [1.165, 1.54) is 180 Å². The fourth-order valence-electron chi connectivity index (χ4n) is 6.66. The number of amides is 1. The van der Waals surface area contributed by atoms with Crippen molar-refractivity contribution in [1.29, 1.82) is 0 Å². The highest BCUT2D eigenvalue weighted by molar-refractivity contribution is 5.76. The average molecular weight is 702 g/mol. The molecule has 0 aliphatic carbocycles. The highest BCUT2D eigenvalue weighted by Gasteiger charge is 2.17. The van der Waals surface area contributed by atoms with Gasteiger partial charge < -0.3 is 15.5 Å². The minimum atomic E-state index is -0.862. The number of rotatable bonds is 40. The minimum Gasteiger partial charge on any atom is -0.394 e. The predicted octanol–water partition coefficient (Wildman–Crippen LogP) is 13.8. The monoisotopic (exact) mass is 702 g/mol. The van der Waals surface area contributed by atoms with Crippen molar-refractivity contribution in [3.63, 3.8) is 0 Å². The summed E-state index contributed by atoms with van der Waals surface area (Å²) in [5.74, 6) is -0.0774. The van der Waals surface area contributed by atoms with E-state index >= 15 is 0 Å². The van der Waals surface area contributed by atoms with E-state index in [0.29, 0.717) is 6.42 Å². The van der Waals surface area contributed by atoms with E-state index < -0.39 is 12.1 Å². The third-order valence-electron chi connectivity index (χ3n) is 10.1. The lowest BCUT2D eigenvalue weighted by Crippen LogP contribution is -2.45. The third-order valence-corrected chi connectivity index (χ3v) is 10.1. The second kappa shape index (κ2) is 42.0. The summed E-state index contributed by atoms with van der Waals surface area (Å²) in [5, 5.41) is 23.0. The number of nitrogens with one attached hydrogen (secondary N) is 1. The SMILES string of the molecule is CCCCCCCCCCCC/C=C/CC/C=C/C(O)C(CO)NC(=O)CCCCCCCCC/C=C\CCCCCCCCCCCCC. The van der Waals surface area contributed by atoms with Crippen LogP contribution in [-0.2, 0) is 4.79 Å². The standard InChI is InChI=1S/C46H87NO3/c1-3-5-7-9-11-13-15-17-19-21-22-23-24-25-26-28-30-32-34-36-38-40-42-46(50)47-44(43-48)45(49)41-39-37-35-33-31-29-27-20-18-16-14-12-10-8-6-4-2/h24-25,31,33,39,41,44-45,48-49H,3-23,26-30,32,34-38,40,42-43H2,1-2H3,(H,47,50)/b25-24-,33-31+,41-39+. The molecule has 4 heteroatoms. The van der Waals surface area contributed by atoms with Crippen LogP contribution in [0.2, 0.25) is 0 Å². The second-order valence-corrected chi connectivity index (χ2v) is 15.1. The van der Waals surface area contributed by atoms with E-state index in [4.69, 9.17) is 0 Å². The van der Waals surface area contributed by atoms with E-state index in [9.17, 15) is 15.0 Å². The maximum atomic E-state index is 12.4. The van der Waals surface area contributed by atoms with Crippen LogP contribution in [0, 0.1) is 0 Å². The second-order valence-electron chi connectivity index (χ2n) is 15.1. The normalized spacial score (nSPS) is 13.3. The van der Waals surface area contributed by atoms with Gasteiger partial charge in [-0.25, -0.2) is 0 Å². The molecule has 2 unspecified atom stereocenters. The molecule has 0 aliphatic rings. The van der Waals surface area contributed by atoms with E-state index in [1.54, 1.807) is 6.08 Å². The van der Waals surface area contributed by atoms with E-state index in [2.05, 4.69) is 43.5 Å². The summed E-state index contributed by atoms with van der Waals surface area (Å²) in [4.78, 5) is 12.4. The van der Waals surface area contributed by atoms with Gasteiger partial charge in [-0.2, -0.15) is 0 Å². The van der Waals surface area contributed by atoms with Crippen molar-refractivity contribution in [2.45, 2.75) is 244 Å². The van der Waals surface area contributed by atoms with Gasteiger partial charge in [0.15, 0.2) is 0 Å². The van der Waals surface area contributed by atoms with Gasteiger partial charge in [-0.1, -0.05) is 204 Å². The Kier molecular flexibility index (Phi) is 40.9. The van der Waals surface area contributed by atoms with Crippen molar-refractivity contribution in [1.82, 2.24) is 5.32 Å². The van der Waals surface area contributed by atoms with Crippen LogP contribution in [0.15, 0.2) is 36.5 Å². The molecule has 0 aromatic heterocycles. The molecular formula is C46H87NO3. The molecule has 0 aromatic rings. The van der Waals surface area contributed by atoms with Gasteiger partial charge >= 0.3 is 0 Å². The number of carbonyl (C=O) groups is 1. The Hall–Kier alpha value is -1.39. The fraction of sp³-hybridized carbons (Fsp3) is 0.848. The molecule has 4 nitrogen and oxygen atoms in total. The topological polar surface area (TPSA) is 69.6 Å². The Morgan fingerprint density at radius 1 is 0.460 bits per heavy atom. The predicted molar refractivity (Wildman–Crippen MR) is 221 cm³/mol. The highest BCUT2D eigenvalue weighted by atomic mass is 16.3. The zero-order chi connectivity index (χ0) is 36.4. The zero-order valence-corrected chi connectivity index (χ0v) is 33.7. The molecule has 3 N–H and O–H groups in total. The van der Waals surface area contributed by atoms with Gasteiger partial charge in [0.2, 0.25) is 5.91 Å². The molecule has 2 atom stereocenters. The molecule has 0 radical (unpaired) electrons. The molecule has 1 amide bonds. The smallest absolute Gasteiger partial charge is 0.220 e. The molecule has 0 saturated heterocycles. The first-order valence-electron chi connectivity index (χ1n) is 22.2.